The summed E-state index contributed by atoms with van der Waals surface area (Å²) in [5.74, 6) is -0.286. The summed E-state index contributed by atoms with van der Waals surface area (Å²) in [6.07, 6.45) is 4.29. The minimum atomic E-state index is -0.354. The Morgan fingerprint density at radius 1 is 1.25 bits per heavy atom. The predicted octanol–water partition coefficient (Wildman–Crippen LogP) is 2.88. The number of nitrogens with one attached hydrogen (secondary N) is 2. The van der Waals surface area contributed by atoms with Crippen LogP contribution in [-0.4, -0.2) is 23.8 Å². The first kappa shape index (κ1) is 16.4. The normalized spacial score (nSPS) is 17.2. The van der Waals surface area contributed by atoms with Crippen molar-refractivity contribution in [3.63, 3.8) is 0 Å². The van der Waals surface area contributed by atoms with Gasteiger partial charge < -0.3 is 10.1 Å². The molecule has 1 amide bonds. The molecule has 1 aromatic carbocycles. The molecule has 126 valence electrons. The Morgan fingerprint density at radius 2 is 2.21 bits per heavy atom. The van der Waals surface area contributed by atoms with Gasteiger partial charge in [0.25, 0.3) is 5.91 Å². The van der Waals surface area contributed by atoms with Gasteiger partial charge in [-0.15, -0.1) is 0 Å². The maximum atomic E-state index is 12.2. The van der Waals surface area contributed by atoms with E-state index in [0.29, 0.717) is 18.7 Å². The lowest BCUT2D eigenvalue weighted by Gasteiger charge is -2.22. The lowest BCUT2D eigenvalue weighted by atomic mass is 10.2. The average Bonchev–Trinajstić information content (AvgIpc) is 2.66. The van der Waals surface area contributed by atoms with Gasteiger partial charge in [-0.3, -0.25) is 9.78 Å². The lowest BCUT2D eigenvalue weighted by molar-refractivity contribution is -0.186. The minimum absolute atomic E-state index is 0.286. The summed E-state index contributed by atoms with van der Waals surface area (Å²) in [5, 5.41) is 3.25. The fraction of sp³-hybridized carbons (Fsp3) is 0.333. The van der Waals surface area contributed by atoms with Gasteiger partial charge in [-0.2, -0.15) is 0 Å². The van der Waals surface area contributed by atoms with Gasteiger partial charge in [-0.05, 0) is 43.2 Å². The molecule has 2 N–H and O–H groups in total. The molecule has 0 radical (unpaired) electrons. The smallest absolute Gasteiger partial charge is 0.275 e. The largest absolute Gasteiger partial charge is 0.379 e. The number of hydroxylamine groups is 1. The second-order valence-electron chi connectivity index (χ2n) is 5.60. The Labute approximate surface area is 141 Å². The molecule has 24 heavy (non-hydrogen) atoms. The number of benzene rings is 1. The third-order valence-corrected chi connectivity index (χ3v) is 3.75. The quantitative estimate of drug-likeness (QED) is 0.798. The zero-order valence-electron chi connectivity index (χ0n) is 13.4. The number of nitrogens with zero attached hydrogens (tertiary/aromatic N) is 1. The Hall–Kier alpha value is -2.44. The second kappa shape index (κ2) is 8.42. The molecule has 2 heterocycles. The molecule has 0 spiro atoms. The van der Waals surface area contributed by atoms with Crippen LogP contribution >= 0.6 is 0 Å². The third kappa shape index (κ3) is 4.78. The Balaban J connectivity index is 1.52. The van der Waals surface area contributed by atoms with Crippen molar-refractivity contribution in [2.45, 2.75) is 32.1 Å². The molecule has 2 aromatic rings. The Kier molecular flexibility index (Phi) is 5.76. The van der Waals surface area contributed by atoms with Gasteiger partial charge in [0.1, 0.15) is 0 Å². The zero-order valence-corrected chi connectivity index (χ0v) is 13.4. The van der Waals surface area contributed by atoms with Crippen molar-refractivity contribution in [2.24, 2.45) is 0 Å². The molecule has 1 aliphatic rings. The van der Waals surface area contributed by atoms with Crippen LogP contribution in [0.5, 0.6) is 0 Å². The van der Waals surface area contributed by atoms with Gasteiger partial charge in [-0.25, -0.2) is 10.3 Å². The molecule has 3 rings (SSSR count). The maximum Gasteiger partial charge on any atom is 0.275 e. The van der Waals surface area contributed by atoms with Crippen LogP contribution in [0, 0.1) is 0 Å². The minimum Gasteiger partial charge on any atom is -0.379 e. The fourth-order valence-electron chi connectivity index (χ4n) is 2.45. The van der Waals surface area contributed by atoms with E-state index in [2.05, 4.69) is 15.8 Å². The molecule has 1 aliphatic heterocycles. The van der Waals surface area contributed by atoms with Crippen molar-refractivity contribution in [3.8, 4) is 0 Å². The standard InChI is InChI=1S/C18H21N3O3/c22-18(21-24-17-9-2-4-11-23-17)14-6-5-8-15(12-14)20-13-16-7-1-3-10-19-16/h1,3,5-8,10,12,17,20H,2,4,9,11,13H2,(H,21,22). The number of ether oxygens (including phenoxy) is 1. The monoisotopic (exact) mass is 327 g/mol. The summed E-state index contributed by atoms with van der Waals surface area (Å²) in [7, 11) is 0. The molecule has 1 aromatic heterocycles. The van der Waals surface area contributed by atoms with Crippen LogP contribution in [0.4, 0.5) is 5.69 Å². The predicted molar refractivity (Wildman–Crippen MR) is 90.1 cm³/mol. The van der Waals surface area contributed by atoms with E-state index >= 15 is 0 Å². The summed E-state index contributed by atoms with van der Waals surface area (Å²) in [5.41, 5.74) is 4.78. The second-order valence-corrected chi connectivity index (χ2v) is 5.60. The van der Waals surface area contributed by atoms with Crippen molar-refractivity contribution >= 4 is 11.6 Å². The topological polar surface area (TPSA) is 72.5 Å². The summed E-state index contributed by atoms with van der Waals surface area (Å²) >= 11 is 0. The van der Waals surface area contributed by atoms with Crippen molar-refractivity contribution in [3.05, 3.63) is 59.9 Å². The van der Waals surface area contributed by atoms with E-state index in [1.54, 1.807) is 18.3 Å². The zero-order chi connectivity index (χ0) is 16.6. The first-order valence-corrected chi connectivity index (χ1v) is 8.13. The molecule has 6 nitrogen and oxygen atoms in total. The highest BCUT2D eigenvalue weighted by Crippen LogP contribution is 2.14. The van der Waals surface area contributed by atoms with Crippen molar-refractivity contribution < 1.29 is 14.4 Å². The van der Waals surface area contributed by atoms with E-state index in [1.807, 2.05) is 30.3 Å². The molecule has 1 unspecified atom stereocenters. The molecule has 1 atom stereocenters. The van der Waals surface area contributed by atoms with Crippen LogP contribution in [0.1, 0.15) is 35.3 Å². The maximum absolute atomic E-state index is 12.2. The van der Waals surface area contributed by atoms with Crippen LogP contribution in [0.25, 0.3) is 0 Å². The van der Waals surface area contributed by atoms with E-state index in [9.17, 15) is 4.79 Å². The number of pyridine rings is 1. The number of anilines is 1. The molecule has 0 saturated carbocycles. The van der Waals surface area contributed by atoms with E-state index in [-0.39, 0.29) is 12.2 Å². The van der Waals surface area contributed by atoms with Gasteiger partial charge in [0.15, 0.2) is 6.29 Å². The highest BCUT2D eigenvalue weighted by molar-refractivity contribution is 5.94. The SMILES string of the molecule is O=C(NOC1CCCCO1)c1cccc(NCc2ccccn2)c1. The average molecular weight is 327 g/mol. The van der Waals surface area contributed by atoms with Crippen molar-refractivity contribution in [1.82, 2.24) is 10.5 Å². The molecule has 1 saturated heterocycles. The first-order valence-electron chi connectivity index (χ1n) is 8.13. The van der Waals surface area contributed by atoms with E-state index in [0.717, 1.165) is 30.6 Å². The van der Waals surface area contributed by atoms with Gasteiger partial charge in [0.05, 0.1) is 12.2 Å². The van der Waals surface area contributed by atoms with Crippen LogP contribution in [0.15, 0.2) is 48.7 Å². The van der Waals surface area contributed by atoms with Crippen LogP contribution < -0.4 is 10.8 Å². The highest BCUT2D eigenvalue weighted by atomic mass is 16.8. The first-order chi connectivity index (χ1) is 11.8. The van der Waals surface area contributed by atoms with E-state index in [1.165, 1.54) is 0 Å². The summed E-state index contributed by atoms with van der Waals surface area (Å²) in [4.78, 5) is 21.8. The summed E-state index contributed by atoms with van der Waals surface area (Å²) in [6, 6.07) is 13.0. The van der Waals surface area contributed by atoms with Gasteiger partial charge in [0, 0.05) is 30.5 Å². The molecule has 1 fully saturated rings. The summed E-state index contributed by atoms with van der Waals surface area (Å²) in [6.45, 7) is 1.27. The highest BCUT2D eigenvalue weighted by Gasteiger charge is 2.16. The van der Waals surface area contributed by atoms with Crippen LogP contribution in [-0.2, 0) is 16.1 Å². The van der Waals surface area contributed by atoms with Crippen LogP contribution in [0.2, 0.25) is 0 Å². The number of aromatic nitrogens is 1. The molecule has 0 aliphatic carbocycles. The molecular formula is C18H21N3O3. The van der Waals surface area contributed by atoms with Crippen LogP contribution in [0.3, 0.4) is 0 Å². The number of carbonyl (C=O) groups excluding carboxylic acids is 1. The molecular weight excluding hydrogens is 306 g/mol. The van der Waals surface area contributed by atoms with E-state index in [4.69, 9.17) is 9.57 Å². The van der Waals surface area contributed by atoms with Crippen molar-refractivity contribution in [2.75, 3.05) is 11.9 Å². The number of hydrogen-bond donors (Lipinski definition) is 2. The molecule has 0 bridgehead atoms. The van der Waals surface area contributed by atoms with Gasteiger partial charge in [0.2, 0.25) is 0 Å². The number of amides is 1. The summed E-state index contributed by atoms with van der Waals surface area (Å²) < 4.78 is 5.42. The third-order valence-electron chi connectivity index (χ3n) is 3.75. The number of carbonyl (C=O) groups is 1. The lowest BCUT2D eigenvalue weighted by Crippen LogP contribution is -2.33. The molecule has 6 heteroatoms. The fourth-order valence-corrected chi connectivity index (χ4v) is 2.45. The Morgan fingerprint density at radius 3 is 3.00 bits per heavy atom. The van der Waals surface area contributed by atoms with Gasteiger partial charge >= 0.3 is 0 Å². The number of rotatable bonds is 6. The van der Waals surface area contributed by atoms with E-state index < -0.39 is 0 Å². The van der Waals surface area contributed by atoms with Crippen molar-refractivity contribution in [1.29, 1.82) is 0 Å². The Bertz CT molecular complexity index is 658. The number of hydrogen-bond acceptors (Lipinski definition) is 5. The van der Waals surface area contributed by atoms with Gasteiger partial charge in [-0.1, -0.05) is 12.1 Å².